The van der Waals surface area contributed by atoms with Gasteiger partial charge in [-0.1, -0.05) is 35.5 Å². The van der Waals surface area contributed by atoms with Crippen molar-refractivity contribution in [3.63, 3.8) is 0 Å². The number of nitrogens with two attached hydrogens (primary N) is 1. The second-order valence-electron chi connectivity index (χ2n) is 4.49. The van der Waals surface area contributed by atoms with E-state index < -0.39 is 0 Å². The van der Waals surface area contributed by atoms with Crippen molar-refractivity contribution in [2.24, 2.45) is 0 Å². The number of nitrogen functional groups attached to an aromatic ring is 1. The van der Waals surface area contributed by atoms with Crippen molar-refractivity contribution in [1.29, 1.82) is 0 Å². The third-order valence-corrected chi connectivity index (χ3v) is 4.32. The number of hydrogen-bond acceptors (Lipinski definition) is 4. The molecule has 1 aromatic carbocycles. The summed E-state index contributed by atoms with van der Waals surface area (Å²) in [6, 6.07) is 12.1. The second kappa shape index (κ2) is 4.55. The molecule has 3 rings (SSSR count). The molecule has 0 atom stereocenters. The molecule has 0 radical (unpaired) electrons. The lowest BCUT2D eigenvalue weighted by Gasteiger charge is -2.00. The van der Waals surface area contributed by atoms with Gasteiger partial charge in [0.2, 0.25) is 0 Å². The highest BCUT2D eigenvalue weighted by Crippen LogP contribution is 2.40. The standard InChI is InChI=1S/C15H14N2OS/c1-9-8-12(19-10(9)2)14-13(15(16)17-18-14)11-6-4-3-5-7-11/h3-8H,1-2H3,(H2,16,17). The monoisotopic (exact) mass is 270 g/mol. The molecule has 0 aliphatic heterocycles. The number of thiophene rings is 1. The fourth-order valence-electron chi connectivity index (χ4n) is 2.04. The molecule has 0 fully saturated rings. The van der Waals surface area contributed by atoms with Crippen LogP contribution in [0, 0.1) is 13.8 Å². The number of hydrogen-bond donors (Lipinski definition) is 1. The van der Waals surface area contributed by atoms with Gasteiger partial charge in [0.15, 0.2) is 11.6 Å². The molecule has 0 bridgehead atoms. The Morgan fingerprint density at radius 1 is 1.16 bits per heavy atom. The van der Waals surface area contributed by atoms with E-state index in [9.17, 15) is 0 Å². The highest BCUT2D eigenvalue weighted by molar-refractivity contribution is 7.15. The lowest BCUT2D eigenvalue weighted by Crippen LogP contribution is -1.87. The van der Waals surface area contributed by atoms with E-state index >= 15 is 0 Å². The summed E-state index contributed by atoms with van der Waals surface area (Å²) in [4.78, 5) is 2.35. The van der Waals surface area contributed by atoms with E-state index in [-0.39, 0.29) is 0 Å². The summed E-state index contributed by atoms with van der Waals surface area (Å²) < 4.78 is 5.44. The van der Waals surface area contributed by atoms with E-state index in [1.165, 1.54) is 10.4 Å². The Balaban J connectivity index is 2.19. The van der Waals surface area contributed by atoms with Crippen molar-refractivity contribution in [3.8, 4) is 21.8 Å². The Hall–Kier alpha value is -2.07. The van der Waals surface area contributed by atoms with Gasteiger partial charge in [0.1, 0.15) is 0 Å². The molecule has 96 valence electrons. The molecule has 0 saturated heterocycles. The average Bonchev–Trinajstić information content (AvgIpc) is 2.95. The minimum atomic E-state index is 0.435. The SMILES string of the molecule is Cc1cc(-c2onc(N)c2-c2ccccc2)sc1C. The minimum Gasteiger partial charge on any atom is -0.380 e. The molecule has 4 heteroatoms. The molecular weight excluding hydrogens is 256 g/mol. The van der Waals surface area contributed by atoms with Crippen molar-refractivity contribution in [2.45, 2.75) is 13.8 Å². The fourth-order valence-corrected chi connectivity index (χ4v) is 3.06. The van der Waals surface area contributed by atoms with Crippen molar-refractivity contribution >= 4 is 17.2 Å². The van der Waals surface area contributed by atoms with E-state index in [1.54, 1.807) is 11.3 Å². The third-order valence-electron chi connectivity index (χ3n) is 3.17. The summed E-state index contributed by atoms with van der Waals surface area (Å²) in [6.45, 7) is 4.20. The van der Waals surface area contributed by atoms with Gasteiger partial charge in [-0.25, -0.2) is 0 Å². The quantitative estimate of drug-likeness (QED) is 0.756. The molecule has 2 aromatic heterocycles. The number of rotatable bonds is 2. The molecular formula is C15H14N2OS. The van der Waals surface area contributed by atoms with E-state index in [0.717, 1.165) is 21.8 Å². The zero-order chi connectivity index (χ0) is 13.4. The molecule has 0 aliphatic carbocycles. The van der Waals surface area contributed by atoms with Crippen LogP contribution in [0.1, 0.15) is 10.4 Å². The Kier molecular flexibility index (Phi) is 2.87. The van der Waals surface area contributed by atoms with Gasteiger partial charge >= 0.3 is 0 Å². The normalized spacial score (nSPS) is 10.8. The Labute approximate surface area is 115 Å². The summed E-state index contributed by atoms with van der Waals surface area (Å²) in [6.07, 6.45) is 0. The molecule has 19 heavy (non-hydrogen) atoms. The first kappa shape index (κ1) is 12.0. The molecule has 3 aromatic rings. The van der Waals surface area contributed by atoms with Crippen molar-refractivity contribution in [3.05, 3.63) is 46.8 Å². The summed E-state index contributed by atoms with van der Waals surface area (Å²) >= 11 is 1.70. The van der Waals surface area contributed by atoms with E-state index in [0.29, 0.717) is 5.82 Å². The molecule has 0 aliphatic rings. The molecule has 0 amide bonds. The van der Waals surface area contributed by atoms with Crippen LogP contribution in [-0.4, -0.2) is 5.16 Å². The fraction of sp³-hybridized carbons (Fsp3) is 0.133. The van der Waals surface area contributed by atoms with E-state index in [1.807, 2.05) is 30.3 Å². The Morgan fingerprint density at radius 2 is 1.89 bits per heavy atom. The maximum Gasteiger partial charge on any atom is 0.186 e. The van der Waals surface area contributed by atoms with Gasteiger partial charge in [-0.3, -0.25) is 0 Å². The summed E-state index contributed by atoms with van der Waals surface area (Å²) in [5.74, 6) is 1.19. The first-order valence-electron chi connectivity index (χ1n) is 6.05. The van der Waals surface area contributed by atoms with Crippen molar-refractivity contribution < 1.29 is 4.52 Å². The number of benzene rings is 1. The highest BCUT2D eigenvalue weighted by Gasteiger charge is 2.19. The predicted octanol–water partition coefficient (Wildman–Crippen LogP) is 4.27. The zero-order valence-electron chi connectivity index (χ0n) is 10.8. The van der Waals surface area contributed by atoms with E-state index in [4.69, 9.17) is 10.3 Å². The maximum atomic E-state index is 5.96. The summed E-state index contributed by atoms with van der Waals surface area (Å²) in [5.41, 5.74) is 9.12. The molecule has 2 N–H and O–H groups in total. The van der Waals surface area contributed by atoms with Crippen molar-refractivity contribution in [1.82, 2.24) is 5.16 Å². The van der Waals surface area contributed by atoms with Gasteiger partial charge in [-0.05, 0) is 31.0 Å². The van der Waals surface area contributed by atoms with Crippen LogP contribution in [0.3, 0.4) is 0 Å². The number of anilines is 1. The topological polar surface area (TPSA) is 52.0 Å². The smallest absolute Gasteiger partial charge is 0.186 e. The predicted molar refractivity (Wildman–Crippen MR) is 79.1 cm³/mol. The average molecular weight is 270 g/mol. The lowest BCUT2D eigenvalue weighted by atomic mass is 10.1. The summed E-state index contributed by atoms with van der Waals surface area (Å²) in [5, 5.41) is 3.92. The number of aromatic nitrogens is 1. The number of nitrogens with zero attached hydrogens (tertiary/aromatic N) is 1. The third kappa shape index (κ3) is 2.04. The molecule has 2 heterocycles. The molecule has 0 unspecified atom stereocenters. The van der Waals surface area contributed by atoms with Crippen molar-refractivity contribution in [2.75, 3.05) is 5.73 Å². The number of aryl methyl sites for hydroxylation is 2. The Morgan fingerprint density at radius 3 is 2.53 bits per heavy atom. The first-order chi connectivity index (χ1) is 9.16. The lowest BCUT2D eigenvalue weighted by molar-refractivity contribution is 0.437. The first-order valence-corrected chi connectivity index (χ1v) is 6.86. The summed E-state index contributed by atoms with van der Waals surface area (Å²) in [7, 11) is 0. The molecule has 0 saturated carbocycles. The minimum absolute atomic E-state index is 0.435. The largest absolute Gasteiger partial charge is 0.380 e. The van der Waals surface area contributed by atoms with Gasteiger partial charge < -0.3 is 10.3 Å². The van der Waals surface area contributed by atoms with Crippen LogP contribution in [0.25, 0.3) is 21.8 Å². The van der Waals surface area contributed by atoms with Crippen LogP contribution in [0.2, 0.25) is 0 Å². The second-order valence-corrected chi connectivity index (χ2v) is 5.74. The zero-order valence-corrected chi connectivity index (χ0v) is 11.6. The molecule has 3 nitrogen and oxygen atoms in total. The van der Waals surface area contributed by atoms with Gasteiger partial charge in [0.25, 0.3) is 0 Å². The van der Waals surface area contributed by atoms with Crippen LogP contribution >= 0.6 is 11.3 Å². The van der Waals surface area contributed by atoms with Crippen LogP contribution in [0.4, 0.5) is 5.82 Å². The van der Waals surface area contributed by atoms with E-state index in [2.05, 4.69) is 25.1 Å². The van der Waals surface area contributed by atoms with Gasteiger partial charge in [-0.2, -0.15) is 0 Å². The molecule has 0 spiro atoms. The highest BCUT2D eigenvalue weighted by atomic mass is 32.1. The van der Waals surface area contributed by atoms with Crippen LogP contribution in [-0.2, 0) is 0 Å². The Bertz CT molecular complexity index is 694. The van der Waals surface area contributed by atoms with Crippen LogP contribution in [0.5, 0.6) is 0 Å². The van der Waals surface area contributed by atoms with Gasteiger partial charge in [-0.15, -0.1) is 11.3 Å². The van der Waals surface area contributed by atoms with Gasteiger partial charge in [0.05, 0.1) is 10.4 Å². The van der Waals surface area contributed by atoms with Crippen LogP contribution < -0.4 is 5.73 Å². The maximum absolute atomic E-state index is 5.96. The van der Waals surface area contributed by atoms with Crippen LogP contribution in [0.15, 0.2) is 40.9 Å². The van der Waals surface area contributed by atoms with Gasteiger partial charge in [0, 0.05) is 4.88 Å².